The highest BCUT2D eigenvalue weighted by Gasteiger charge is 2.08. The van der Waals surface area contributed by atoms with Crippen molar-refractivity contribution in [1.82, 2.24) is 5.32 Å². The Morgan fingerprint density at radius 1 is 1.04 bits per heavy atom. The molecule has 0 radical (unpaired) electrons. The monoisotopic (exact) mass is 313 g/mol. The van der Waals surface area contributed by atoms with E-state index in [2.05, 4.69) is 5.32 Å². The summed E-state index contributed by atoms with van der Waals surface area (Å²) in [4.78, 5) is 12.0. The van der Waals surface area contributed by atoms with Crippen LogP contribution < -0.4 is 14.8 Å². The fourth-order valence-electron chi connectivity index (χ4n) is 2.18. The first-order valence-electron chi connectivity index (χ1n) is 7.77. The second-order valence-corrected chi connectivity index (χ2v) is 5.44. The van der Waals surface area contributed by atoms with Crippen LogP contribution in [0.3, 0.4) is 0 Å². The van der Waals surface area contributed by atoms with E-state index in [0.717, 1.165) is 17.1 Å². The summed E-state index contributed by atoms with van der Waals surface area (Å²) >= 11 is 0. The van der Waals surface area contributed by atoms with Gasteiger partial charge in [-0.3, -0.25) is 4.79 Å². The van der Waals surface area contributed by atoms with E-state index in [9.17, 15) is 4.79 Å². The lowest BCUT2D eigenvalue weighted by Crippen LogP contribution is -2.36. The fraction of sp³-hybridized carbons (Fsp3) is 0.316. The number of aryl methyl sites for hydroxylation is 1. The molecule has 0 spiro atoms. The van der Waals surface area contributed by atoms with E-state index in [1.807, 2.05) is 61.5 Å². The molecule has 4 nitrogen and oxygen atoms in total. The number of amides is 1. The number of benzene rings is 2. The van der Waals surface area contributed by atoms with Gasteiger partial charge in [0.25, 0.3) is 0 Å². The minimum absolute atomic E-state index is 0.0291. The lowest BCUT2D eigenvalue weighted by Gasteiger charge is -2.15. The average molecular weight is 313 g/mol. The highest BCUT2D eigenvalue weighted by atomic mass is 16.5. The lowest BCUT2D eigenvalue weighted by atomic mass is 10.1. The summed E-state index contributed by atoms with van der Waals surface area (Å²) in [5.74, 6) is 1.67. The highest BCUT2D eigenvalue weighted by Crippen LogP contribution is 2.12. The summed E-state index contributed by atoms with van der Waals surface area (Å²) < 4.78 is 10.7. The van der Waals surface area contributed by atoms with Crippen molar-refractivity contribution in [2.75, 3.05) is 13.7 Å². The number of ether oxygens (including phenoxy) is 2. The van der Waals surface area contributed by atoms with Crippen LogP contribution in [-0.4, -0.2) is 25.7 Å². The maximum atomic E-state index is 12.0. The van der Waals surface area contributed by atoms with Crippen LogP contribution in [0.5, 0.6) is 11.5 Å². The van der Waals surface area contributed by atoms with Crippen LogP contribution in [0.4, 0.5) is 0 Å². The van der Waals surface area contributed by atoms with Crippen molar-refractivity contribution in [3.05, 3.63) is 60.2 Å². The third-order valence-electron chi connectivity index (χ3n) is 3.45. The maximum absolute atomic E-state index is 12.0. The molecule has 2 aromatic rings. The summed E-state index contributed by atoms with van der Waals surface area (Å²) in [5.41, 5.74) is 1.12. The van der Waals surface area contributed by atoms with Crippen molar-refractivity contribution in [3.63, 3.8) is 0 Å². The van der Waals surface area contributed by atoms with Crippen molar-refractivity contribution < 1.29 is 14.3 Å². The molecule has 0 saturated carbocycles. The van der Waals surface area contributed by atoms with Crippen LogP contribution in [0.15, 0.2) is 54.6 Å². The van der Waals surface area contributed by atoms with Crippen LogP contribution >= 0.6 is 0 Å². The molecule has 0 fully saturated rings. The molecule has 2 rings (SSSR count). The fourth-order valence-corrected chi connectivity index (χ4v) is 2.18. The van der Waals surface area contributed by atoms with Crippen LogP contribution in [0.2, 0.25) is 0 Å². The van der Waals surface area contributed by atoms with Gasteiger partial charge in [0.15, 0.2) is 0 Å². The summed E-state index contributed by atoms with van der Waals surface area (Å²) in [5, 5.41) is 2.95. The van der Waals surface area contributed by atoms with Gasteiger partial charge >= 0.3 is 0 Å². The molecule has 1 atom stereocenters. The molecule has 2 aromatic carbocycles. The minimum Gasteiger partial charge on any atom is -0.497 e. The molecule has 1 N–H and O–H groups in total. The number of carbonyl (C=O) groups excluding carboxylic acids is 1. The van der Waals surface area contributed by atoms with E-state index in [-0.39, 0.29) is 11.9 Å². The van der Waals surface area contributed by atoms with Gasteiger partial charge in [0.05, 0.1) is 13.2 Å². The number of carbonyl (C=O) groups is 1. The quantitative estimate of drug-likeness (QED) is 0.814. The van der Waals surface area contributed by atoms with Crippen molar-refractivity contribution in [2.24, 2.45) is 0 Å². The minimum atomic E-state index is -0.0291. The largest absolute Gasteiger partial charge is 0.497 e. The van der Waals surface area contributed by atoms with E-state index in [0.29, 0.717) is 19.4 Å². The maximum Gasteiger partial charge on any atom is 0.220 e. The molecule has 0 heterocycles. The third kappa shape index (κ3) is 6.02. The summed E-state index contributed by atoms with van der Waals surface area (Å²) in [7, 11) is 1.64. The number of hydrogen-bond donors (Lipinski definition) is 1. The average Bonchev–Trinajstić information content (AvgIpc) is 2.59. The van der Waals surface area contributed by atoms with Gasteiger partial charge in [-0.15, -0.1) is 0 Å². The van der Waals surface area contributed by atoms with Gasteiger partial charge in [0.2, 0.25) is 5.91 Å². The van der Waals surface area contributed by atoms with Crippen LogP contribution in [0.25, 0.3) is 0 Å². The summed E-state index contributed by atoms with van der Waals surface area (Å²) in [6, 6.07) is 17.3. The third-order valence-corrected chi connectivity index (χ3v) is 3.45. The number of rotatable bonds is 8. The van der Waals surface area contributed by atoms with E-state index in [1.54, 1.807) is 7.11 Å². The van der Waals surface area contributed by atoms with E-state index >= 15 is 0 Å². The first kappa shape index (κ1) is 16.9. The molecular formula is C19H23NO3. The Bertz CT molecular complexity index is 596. The van der Waals surface area contributed by atoms with E-state index < -0.39 is 0 Å². The van der Waals surface area contributed by atoms with Gasteiger partial charge in [-0.05, 0) is 43.2 Å². The van der Waals surface area contributed by atoms with Gasteiger partial charge in [-0.1, -0.05) is 30.3 Å². The van der Waals surface area contributed by atoms with E-state index in [1.165, 1.54) is 0 Å². The van der Waals surface area contributed by atoms with Crippen molar-refractivity contribution in [3.8, 4) is 11.5 Å². The summed E-state index contributed by atoms with van der Waals surface area (Å²) in [6.07, 6.45) is 1.17. The molecule has 0 aromatic heterocycles. The zero-order valence-corrected chi connectivity index (χ0v) is 13.6. The van der Waals surface area contributed by atoms with Gasteiger partial charge in [-0.25, -0.2) is 0 Å². The Labute approximate surface area is 137 Å². The Kier molecular flexibility index (Phi) is 6.48. The van der Waals surface area contributed by atoms with E-state index in [4.69, 9.17) is 9.47 Å². The number of para-hydroxylation sites is 1. The topological polar surface area (TPSA) is 47.6 Å². The Hall–Kier alpha value is -2.49. The predicted molar refractivity (Wildman–Crippen MR) is 90.9 cm³/mol. The van der Waals surface area contributed by atoms with Gasteiger partial charge in [0.1, 0.15) is 18.1 Å². The zero-order chi connectivity index (χ0) is 16.5. The Balaban J connectivity index is 1.69. The van der Waals surface area contributed by atoms with Gasteiger partial charge < -0.3 is 14.8 Å². The second kappa shape index (κ2) is 8.83. The molecule has 0 aliphatic heterocycles. The lowest BCUT2D eigenvalue weighted by molar-refractivity contribution is -0.121. The molecule has 122 valence electrons. The SMILES string of the molecule is COc1ccc(CCC(=O)NC(C)COc2ccccc2)cc1. The van der Waals surface area contributed by atoms with Gasteiger partial charge in [-0.2, -0.15) is 0 Å². The first-order valence-corrected chi connectivity index (χ1v) is 7.77. The van der Waals surface area contributed by atoms with Crippen LogP contribution in [0.1, 0.15) is 18.9 Å². The Morgan fingerprint density at radius 2 is 1.74 bits per heavy atom. The smallest absolute Gasteiger partial charge is 0.220 e. The molecule has 0 aliphatic carbocycles. The molecule has 0 saturated heterocycles. The van der Waals surface area contributed by atoms with Crippen LogP contribution in [-0.2, 0) is 11.2 Å². The van der Waals surface area contributed by atoms with Gasteiger partial charge in [0, 0.05) is 6.42 Å². The second-order valence-electron chi connectivity index (χ2n) is 5.44. The normalized spacial score (nSPS) is 11.6. The first-order chi connectivity index (χ1) is 11.2. The molecule has 23 heavy (non-hydrogen) atoms. The predicted octanol–water partition coefficient (Wildman–Crippen LogP) is 3.21. The number of methoxy groups -OCH3 is 1. The molecule has 0 bridgehead atoms. The standard InChI is InChI=1S/C19H23NO3/c1-15(14-23-18-6-4-3-5-7-18)20-19(21)13-10-16-8-11-17(22-2)12-9-16/h3-9,11-12,15H,10,13-14H2,1-2H3,(H,20,21). The van der Waals surface area contributed by atoms with Crippen molar-refractivity contribution >= 4 is 5.91 Å². The highest BCUT2D eigenvalue weighted by molar-refractivity contribution is 5.76. The number of nitrogens with one attached hydrogen (secondary N) is 1. The molecule has 1 unspecified atom stereocenters. The molecule has 0 aliphatic rings. The van der Waals surface area contributed by atoms with Crippen molar-refractivity contribution in [1.29, 1.82) is 0 Å². The Morgan fingerprint density at radius 3 is 2.39 bits per heavy atom. The molecule has 1 amide bonds. The molecule has 4 heteroatoms. The summed E-state index contributed by atoms with van der Waals surface area (Å²) in [6.45, 7) is 2.40. The molecular weight excluding hydrogens is 290 g/mol. The zero-order valence-electron chi connectivity index (χ0n) is 13.6. The van der Waals surface area contributed by atoms with Crippen LogP contribution in [0, 0.1) is 0 Å². The van der Waals surface area contributed by atoms with Crippen molar-refractivity contribution in [2.45, 2.75) is 25.8 Å². The number of hydrogen-bond acceptors (Lipinski definition) is 3.